The average Bonchev–Trinajstić information content (AvgIpc) is 3.41. The van der Waals surface area contributed by atoms with Gasteiger partial charge >= 0.3 is 5.97 Å². The third-order valence-corrected chi connectivity index (χ3v) is 5.93. The van der Waals surface area contributed by atoms with E-state index in [1.807, 2.05) is 0 Å². The van der Waals surface area contributed by atoms with Gasteiger partial charge in [0.1, 0.15) is 11.6 Å². The highest BCUT2D eigenvalue weighted by molar-refractivity contribution is 6.20. The van der Waals surface area contributed by atoms with Gasteiger partial charge in [-0.15, -0.1) is 12.4 Å². The number of aliphatic carboxylic acids is 1. The van der Waals surface area contributed by atoms with Gasteiger partial charge in [0.15, 0.2) is 5.78 Å². The number of nitrogens with one attached hydrogen (secondary N) is 1. The van der Waals surface area contributed by atoms with E-state index in [1.54, 1.807) is 4.90 Å². The second-order valence-corrected chi connectivity index (χ2v) is 8.03. The van der Waals surface area contributed by atoms with Crippen molar-refractivity contribution in [1.29, 1.82) is 0 Å². The molecular formula is C19H25ClFN5O4. The van der Waals surface area contributed by atoms with E-state index < -0.39 is 41.2 Å². The number of carbonyl (C=O) groups excluding carboxylic acids is 2. The summed E-state index contributed by atoms with van der Waals surface area (Å²) in [5, 5.41) is 13.0. The first-order valence-corrected chi connectivity index (χ1v) is 9.79. The maximum Gasteiger partial charge on any atom is 0.334 e. The molecule has 1 aromatic rings. The lowest BCUT2D eigenvalue weighted by atomic mass is 9.83. The molecule has 1 saturated carbocycles. The molecule has 3 aliphatic rings. The molecule has 11 heteroatoms. The number of anilines is 1. The van der Waals surface area contributed by atoms with Crippen LogP contribution in [-0.2, 0) is 9.59 Å². The lowest BCUT2D eigenvalue weighted by molar-refractivity contribution is -0.149. The minimum atomic E-state index is -1.93. The molecule has 164 valence electrons. The van der Waals surface area contributed by atoms with Crippen LogP contribution in [0.5, 0.6) is 0 Å². The highest BCUT2D eigenvalue weighted by Crippen LogP contribution is 2.42. The van der Waals surface area contributed by atoms with Crippen molar-refractivity contribution in [3.05, 3.63) is 23.6 Å². The topological polar surface area (TPSA) is 129 Å². The lowest BCUT2D eigenvalue weighted by Crippen LogP contribution is -2.71. The van der Waals surface area contributed by atoms with Gasteiger partial charge in [0.2, 0.25) is 11.4 Å². The number of pyridine rings is 1. The predicted molar refractivity (Wildman–Crippen MR) is 108 cm³/mol. The first-order valence-electron chi connectivity index (χ1n) is 9.79. The number of nitrogens with zero attached hydrogens (tertiary/aromatic N) is 3. The van der Waals surface area contributed by atoms with Gasteiger partial charge in [-0.05, 0) is 38.7 Å². The molecule has 4 rings (SSSR count). The normalized spacial score (nSPS) is 27.2. The van der Waals surface area contributed by atoms with E-state index in [0.717, 1.165) is 25.1 Å². The van der Waals surface area contributed by atoms with Crippen LogP contribution in [0.1, 0.15) is 43.0 Å². The Bertz CT molecular complexity index is 880. The Morgan fingerprint density at radius 1 is 1.40 bits per heavy atom. The number of hydrogen-bond acceptors (Lipinski definition) is 7. The van der Waals surface area contributed by atoms with E-state index >= 15 is 0 Å². The second kappa shape index (κ2) is 8.09. The second-order valence-electron chi connectivity index (χ2n) is 8.03. The van der Waals surface area contributed by atoms with Crippen LogP contribution >= 0.6 is 12.4 Å². The molecule has 3 heterocycles. The Hall–Kier alpha value is -2.30. The number of halogens is 2. The first-order chi connectivity index (χ1) is 13.8. The van der Waals surface area contributed by atoms with Gasteiger partial charge in [0, 0.05) is 12.6 Å². The number of carboxylic acids is 1. The Morgan fingerprint density at radius 3 is 2.70 bits per heavy atom. The molecule has 1 aromatic heterocycles. The van der Waals surface area contributed by atoms with Crippen LogP contribution in [0.15, 0.2) is 12.3 Å². The van der Waals surface area contributed by atoms with E-state index in [4.69, 9.17) is 5.73 Å². The van der Waals surface area contributed by atoms with Crippen LogP contribution in [0.4, 0.5) is 10.2 Å². The van der Waals surface area contributed by atoms with Crippen molar-refractivity contribution in [1.82, 2.24) is 15.2 Å². The van der Waals surface area contributed by atoms with Crippen molar-refractivity contribution in [3.63, 3.8) is 0 Å². The molecule has 0 bridgehead atoms. The molecule has 1 amide bonds. The van der Waals surface area contributed by atoms with Crippen LogP contribution in [0.3, 0.4) is 0 Å². The highest BCUT2D eigenvalue weighted by Gasteiger charge is 2.60. The maximum absolute atomic E-state index is 13.9. The molecule has 2 aliphatic heterocycles. The summed E-state index contributed by atoms with van der Waals surface area (Å²) in [6.07, 6.45) is 3.22. The summed E-state index contributed by atoms with van der Waals surface area (Å²) in [6, 6.07) is 0.364. The van der Waals surface area contributed by atoms with Crippen molar-refractivity contribution in [3.8, 4) is 0 Å². The number of likely N-dealkylation sites (tertiary alicyclic amines) is 1. The molecule has 1 saturated heterocycles. The average molecular weight is 442 g/mol. The van der Waals surface area contributed by atoms with Gasteiger partial charge in [-0.3, -0.25) is 14.5 Å². The Morgan fingerprint density at radius 2 is 2.10 bits per heavy atom. The number of amides is 1. The van der Waals surface area contributed by atoms with Crippen LogP contribution in [0.25, 0.3) is 0 Å². The number of ketones is 1. The third-order valence-electron chi connectivity index (χ3n) is 5.93. The summed E-state index contributed by atoms with van der Waals surface area (Å²) >= 11 is 0. The molecule has 0 spiro atoms. The van der Waals surface area contributed by atoms with Crippen LogP contribution < -0.4 is 16.0 Å². The molecule has 0 radical (unpaired) electrons. The van der Waals surface area contributed by atoms with Gasteiger partial charge in [-0.1, -0.05) is 0 Å². The molecule has 2 unspecified atom stereocenters. The Labute approximate surface area is 179 Å². The summed E-state index contributed by atoms with van der Waals surface area (Å²) in [5.74, 6) is -2.81. The fourth-order valence-corrected chi connectivity index (χ4v) is 4.31. The molecule has 30 heavy (non-hydrogen) atoms. The van der Waals surface area contributed by atoms with Crippen molar-refractivity contribution in [2.75, 3.05) is 18.0 Å². The maximum atomic E-state index is 13.9. The molecule has 4 N–H and O–H groups in total. The van der Waals surface area contributed by atoms with E-state index in [1.165, 1.54) is 11.8 Å². The molecule has 9 nitrogen and oxygen atoms in total. The third kappa shape index (κ3) is 3.52. The van der Waals surface area contributed by atoms with Gasteiger partial charge in [0.25, 0.3) is 0 Å². The standard InChI is InChI=1S/C19H24FN5O4.ClH/c1-10(21)17(27)23-14-3-2-6-25(14)19(18(28)29)9-24(12-4-5-12)16-13(15(19)26)7-11(20)8-22-16;/h7-8,10,12,14H,2-6,9,21H2,1H3,(H,23,27)(H,28,29);1H/t10-,14?,19?;/m0./s1. The van der Waals surface area contributed by atoms with Crippen LogP contribution in [0, 0.1) is 5.82 Å². The summed E-state index contributed by atoms with van der Waals surface area (Å²) in [4.78, 5) is 45.6. The quantitative estimate of drug-likeness (QED) is 0.564. The number of carboxylic acid groups (broad SMARTS) is 1. The van der Waals surface area contributed by atoms with Gasteiger partial charge in [-0.25, -0.2) is 14.2 Å². The zero-order valence-corrected chi connectivity index (χ0v) is 17.3. The monoisotopic (exact) mass is 441 g/mol. The van der Waals surface area contributed by atoms with E-state index in [2.05, 4.69) is 10.3 Å². The number of fused-ring (bicyclic) bond motifs is 1. The van der Waals surface area contributed by atoms with E-state index in [9.17, 15) is 23.9 Å². The highest BCUT2D eigenvalue weighted by atomic mass is 35.5. The summed E-state index contributed by atoms with van der Waals surface area (Å²) in [7, 11) is 0. The zero-order chi connectivity index (χ0) is 20.9. The lowest BCUT2D eigenvalue weighted by Gasteiger charge is -2.46. The smallest absolute Gasteiger partial charge is 0.334 e. The summed E-state index contributed by atoms with van der Waals surface area (Å²) in [5.41, 5.74) is 3.67. The fourth-order valence-electron chi connectivity index (χ4n) is 4.31. The Kier molecular flexibility index (Phi) is 6.03. The van der Waals surface area contributed by atoms with Gasteiger partial charge < -0.3 is 21.1 Å². The number of aromatic nitrogens is 1. The SMILES string of the molecule is C[C@H](N)C(=O)NC1CCCN1C1(C(=O)O)CN(C2CC2)c2ncc(F)cc2C1=O.Cl. The Balaban J connectivity index is 0.00000256. The largest absolute Gasteiger partial charge is 0.479 e. The zero-order valence-electron chi connectivity index (χ0n) is 16.5. The minimum Gasteiger partial charge on any atom is -0.479 e. The van der Waals surface area contributed by atoms with Gasteiger partial charge in [-0.2, -0.15) is 0 Å². The minimum absolute atomic E-state index is 0. The molecular weight excluding hydrogens is 417 g/mol. The van der Waals surface area contributed by atoms with Crippen LogP contribution in [0.2, 0.25) is 0 Å². The fraction of sp³-hybridized carbons (Fsp3) is 0.579. The van der Waals surface area contributed by atoms with Gasteiger partial charge in [0.05, 0.1) is 30.5 Å². The number of carbonyl (C=O) groups is 3. The van der Waals surface area contributed by atoms with Crippen molar-refractivity contribution in [2.24, 2.45) is 5.73 Å². The number of rotatable bonds is 5. The summed E-state index contributed by atoms with van der Waals surface area (Å²) in [6.45, 7) is 1.76. The van der Waals surface area contributed by atoms with Crippen LogP contribution in [-0.4, -0.2) is 69.5 Å². The first kappa shape index (κ1) is 22.4. The molecule has 0 aromatic carbocycles. The van der Waals surface area contributed by atoms with Crippen molar-refractivity contribution >= 4 is 35.9 Å². The van der Waals surface area contributed by atoms with E-state index in [0.29, 0.717) is 25.2 Å². The van der Waals surface area contributed by atoms with E-state index in [-0.39, 0.29) is 30.6 Å². The number of Topliss-reactive ketones (excluding diaryl/α,β-unsaturated/α-hetero) is 1. The summed E-state index contributed by atoms with van der Waals surface area (Å²) < 4.78 is 13.9. The molecule has 3 atom stereocenters. The number of nitrogens with two attached hydrogens (primary N) is 1. The number of hydrogen-bond donors (Lipinski definition) is 3. The molecule has 2 fully saturated rings. The predicted octanol–water partition coefficient (Wildman–Crippen LogP) is 0.516. The van der Waals surface area contributed by atoms with Crippen molar-refractivity contribution in [2.45, 2.75) is 56.4 Å². The molecule has 1 aliphatic carbocycles. The van der Waals surface area contributed by atoms with Crippen molar-refractivity contribution < 1.29 is 23.9 Å².